The number of benzene rings is 1. The Morgan fingerprint density at radius 2 is 1.53 bits per heavy atom. The molecule has 10 atom stereocenters. The normalized spacial score (nSPS) is 20.0. The minimum atomic E-state index is -0.764. The maximum atomic E-state index is 14.2. The molecule has 1 aliphatic rings. The van der Waals surface area contributed by atoms with E-state index in [1.165, 1.54) is 12.1 Å². The third-order valence-corrected chi connectivity index (χ3v) is 11.1. The van der Waals surface area contributed by atoms with Crippen LogP contribution in [0.1, 0.15) is 92.7 Å². The second-order valence-corrected chi connectivity index (χ2v) is 15.8. The molecule has 0 spiro atoms. The van der Waals surface area contributed by atoms with Crippen LogP contribution in [-0.4, -0.2) is 123 Å². The summed E-state index contributed by atoms with van der Waals surface area (Å²) in [6.07, 6.45) is 0.961. The van der Waals surface area contributed by atoms with Gasteiger partial charge in [0.15, 0.2) is 0 Å². The zero-order chi connectivity index (χ0) is 40.3. The lowest BCUT2D eigenvalue weighted by molar-refractivity contribution is -0.148. The number of carbonyl (C=O) groups is 4. The van der Waals surface area contributed by atoms with E-state index >= 15 is 0 Å². The van der Waals surface area contributed by atoms with Crippen molar-refractivity contribution in [3.63, 3.8) is 0 Å². The first kappa shape index (κ1) is 46.0. The average Bonchev–Trinajstić information content (AvgIpc) is 3.59. The maximum absolute atomic E-state index is 14.2. The SMILES string of the molecule is CC[C@H](C)[C@@H]([C@@H](CC(=O)N1CCC[C@H]1[C@H](OC)[C@@H](C)C(=O)N[C@H](C)C(N)c1ccc(F)cc1)OC)N(C)C(=O)[C@@H](NC(=O)[C@H](C(C)C)N(C)C)C(C)C. The predicted octanol–water partition coefficient (Wildman–Crippen LogP) is 3.98. The number of nitrogens with zero attached hydrogens (tertiary/aromatic N) is 3. The number of rotatable bonds is 20. The van der Waals surface area contributed by atoms with Gasteiger partial charge in [-0.3, -0.25) is 24.1 Å². The molecule has 1 aromatic carbocycles. The van der Waals surface area contributed by atoms with Crippen molar-refractivity contribution in [3.05, 3.63) is 35.6 Å². The summed E-state index contributed by atoms with van der Waals surface area (Å²) in [5, 5.41) is 6.02. The standard InChI is InChI=1S/C40H69FN6O6/c1-14-25(6)36(46(11)40(51)34(23(2)3)44-39(50)35(24(4)5)45(9)10)31(52-12)22-32(48)47-21-15-16-30(47)37(53-13)26(7)38(49)43-27(8)33(42)28-17-19-29(41)20-18-28/h17-20,23-27,30-31,33-37H,14-16,21-22,42H2,1-13H3,(H,43,49)(H,44,50)/t25-,26+,27+,30-,31+,33?,34-,35-,36-,37+/m0/s1. The molecule has 1 saturated heterocycles. The Labute approximate surface area is 318 Å². The number of nitrogens with one attached hydrogen (secondary N) is 2. The lowest BCUT2D eigenvalue weighted by Gasteiger charge is -2.41. The molecule has 1 aliphatic heterocycles. The van der Waals surface area contributed by atoms with Crippen LogP contribution in [0.5, 0.6) is 0 Å². The van der Waals surface area contributed by atoms with E-state index in [1.54, 1.807) is 57.0 Å². The molecule has 302 valence electrons. The largest absolute Gasteiger partial charge is 0.379 e. The molecule has 1 unspecified atom stereocenters. The monoisotopic (exact) mass is 749 g/mol. The van der Waals surface area contributed by atoms with E-state index in [4.69, 9.17) is 15.2 Å². The molecule has 53 heavy (non-hydrogen) atoms. The first-order valence-electron chi connectivity index (χ1n) is 19.2. The average molecular weight is 749 g/mol. The minimum Gasteiger partial charge on any atom is -0.379 e. The molecule has 0 radical (unpaired) electrons. The molecule has 2 rings (SSSR count). The first-order chi connectivity index (χ1) is 24.8. The maximum Gasteiger partial charge on any atom is 0.245 e. The number of hydrogen-bond acceptors (Lipinski definition) is 8. The Morgan fingerprint density at radius 3 is 2.02 bits per heavy atom. The third kappa shape index (κ3) is 11.9. The minimum absolute atomic E-state index is 0.0228. The van der Waals surface area contributed by atoms with Crippen molar-refractivity contribution >= 4 is 23.6 Å². The van der Waals surface area contributed by atoms with E-state index in [2.05, 4.69) is 10.6 Å². The molecule has 4 N–H and O–H groups in total. The van der Waals surface area contributed by atoms with Crippen molar-refractivity contribution in [2.75, 3.05) is 41.9 Å². The zero-order valence-corrected chi connectivity index (χ0v) is 34.5. The Bertz CT molecular complexity index is 1320. The van der Waals surface area contributed by atoms with E-state index in [9.17, 15) is 23.6 Å². The van der Waals surface area contributed by atoms with Crippen LogP contribution in [0.3, 0.4) is 0 Å². The van der Waals surface area contributed by atoms with Gasteiger partial charge in [-0.15, -0.1) is 0 Å². The topological polar surface area (TPSA) is 147 Å². The molecular weight excluding hydrogens is 679 g/mol. The second-order valence-electron chi connectivity index (χ2n) is 15.8. The van der Waals surface area contributed by atoms with Crippen LogP contribution < -0.4 is 16.4 Å². The molecule has 0 saturated carbocycles. The van der Waals surface area contributed by atoms with E-state index in [0.29, 0.717) is 18.5 Å². The van der Waals surface area contributed by atoms with Crippen LogP contribution in [0.4, 0.5) is 4.39 Å². The highest BCUT2D eigenvalue weighted by Crippen LogP contribution is 2.30. The summed E-state index contributed by atoms with van der Waals surface area (Å²) in [5.74, 6) is -1.97. The van der Waals surface area contributed by atoms with Gasteiger partial charge in [-0.25, -0.2) is 4.39 Å². The van der Waals surface area contributed by atoms with E-state index in [1.807, 2.05) is 60.5 Å². The number of hydrogen-bond donors (Lipinski definition) is 3. The summed E-state index contributed by atoms with van der Waals surface area (Å²) < 4.78 is 25.4. The fraction of sp³-hybridized carbons (Fsp3) is 0.750. The van der Waals surface area contributed by atoms with Crippen molar-refractivity contribution in [3.8, 4) is 0 Å². The number of likely N-dealkylation sites (tertiary alicyclic amines) is 1. The Kier molecular flexibility index (Phi) is 18.3. The third-order valence-electron chi connectivity index (χ3n) is 11.1. The van der Waals surface area contributed by atoms with Crippen molar-refractivity contribution < 1.29 is 33.0 Å². The van der Waals surface area contributed by atoms with Gasteiger partial charge in [-0.05, 0) is 69.3 Å². The van der Waals surface area contributed by atoms with Gasteiger partial charge in [0, 0.05) is 39.9 Å². The van der Waals surface area contributed by atoms with E-state index < -0.39 is 48.3 Å². The van der Waals surface area contributed by atoms with Crippen molar-refractivity contribution in [2.45, 2.75) is 130 Å². The van der Waals surface area contributed by atoms with Crippen LogP contribution in [0.15, 0.2) is 24.3 Å². The number of amides is 4. The van der Waals surface area contributed by atoms with Gasteiger partial charge in [0.25, 0.3) is 0 Å². The highest BCUT2D eigenvalue weighted by Gasteiger charge is 2.43. The van der Waals surface area contributed by atoms with Gasteiger partial charge in [-0.1, -0.05) is 67.0 Å². The van der Waals surface area contributed by atoms with E-state index in [-0.39, 0.29) is 59.7 Å². The fourth-order valence-corrected chi connectivity index (χ4v) is 7.83. The Hall–Kier alpha value is -3.13. The number of ether oxygens (including phenoxy) is 2. The van der Waals surface area contributed by atoms with E-state index in [0.717, 1.165) is 12.8 Å². The molecule has 13 heteroatoms. The van der Waals surface area contributed by atoms with Gasteiger partial charge in [0.1, 0.15) is 11.9 Å². The first-order valence-corrected chi connectivity index (χ1v) is 19.2. The molecule has 1 fully saturated rings. The lowest BCUT2D eigenvalue weighted by Crippen LogP contribution is -2.59. The molecule has 0 aromatic heterocycles. The summed E-state index contributed by atoms with van der Waals surface area (Å²) in [7, 11) is 8.54. The summed E-state index contributed by atoms with van der Waals surface area (Å²) >= 11 is 0. The zero-order valence-electron chi connectivity index (χ0n) is 34.5. The number of halogens is 1. The number of nitrogens with two attached hydrogens (primary N) is 1. The van der Waals surface area contributed by atoms with Gasteiger partial charge < -0.3 is 35.6 Å². The van der Waals surface area contributed by atoms with Crippen LogP contribution in [0.2, 0.25) is 0 Å². The molecule has 12 nitrogen and oxygen atoms in total. The van der Waals surface area contributed by atoms with Crippen LogP contribution in [0, 0.1) is 29.5 Å². The predicted molar refractivity (Wildman–Crippen MR) is 206 cm³/mol. The second kappa shape index (κ2) is 21.1. The van der Waals surface area contributed by atoms with Crippen molar-refractivity contribution in [1.29, 1.82) is 0 Å². The summed E-state index contributed by atoms with van der Waals surface area (Å²) in [6, 6.07) is 2.93. The van der Waals surface area contributed by atoms with Gasteiger partial charge >= 0.3 is 0 Å². The van der Waals surface area contributed by atoms with Crippen LogP contribution in [0.25, 0.3) is 0 Å². The summed E-state index contributed by atoms with van der Waals surface area (Å²) in [6.45, 7) is 15.9. The molecule has 4 amide bonds. The highest BCUT2D eigenvalue weighted by atomic mass is 19.1. The Morgan fingerprint density at radius 1 is 0.925 bits per heavy atom. The quantitative estimate of drug-likeness (QED) is 0.182. The number of carbonyl (C=O) groups excluding carboxylic acids is 4. The van der Waals surface area contributed by atoms with Gasteiger partial charge in [0.05, 0.1) is 42.7 Å². The fourth-order valence-electron chi connectivity index (χ4n) is 7.83. The molecular formula is C40H69FN6O6. The lowest BCUT2D eigenvalue weighted by atomic mass is 9.89. The molecule has 0 bridgehead atoms. The number of likely N-dealkylation sites (N-methyl/N-ethyl adjacent to an activating group) is 2. The smallest absolute Gasteiger partial charge is 0.245 e. The summed E-state index contributed by atoms with van der Waals surface area (Å²) in [4.78, 5) is 60.6. The number of methoxy groups -OCH3 is 2. The van der Waals surface area contributed by atoms with Crippen LogP contribution >= 0.6 is 0 Å². The Balaban J connectivity index is 2.25. The molecule has 1 aromatic rings. The van der Waals surface area contributed by atoms with Crippen LogP contribution in [-0.2, 0) is 28.7 Å². The summed E-state index contributed by atoms with van der Waals surface area (Å²) in [5.41, 5.74) is 7.09. The van der Waals surface area contributed by atoms with Crippen molar-refractivity contribution in [1.82, 2.24) is 25.3 Å². The molecule has 0 aliphatic carbocycles. The van der Waals surface area contributed by atoms with Gasteiger partial charge in [-0.2, -0.15) is 0 Å². The van der Waals surface area contributed by atoms with Gasteiger partial charge in [0.2, 0.25) is 23.6 Å². The highest BCUT2D eigenvalue weighted by molar-refractivity contribution is 5.90. The molecule has 1 heterocycles. The van der Waals surface area contributed by atoms with Crippen molar-refractivity contribution in [2.24, 2.45) is 29.4 Å².